The lowest BCUT2D eigenvalue weighted by atomic mass is 10.1. The molecule has 1 fully saturated rings. The molecule has 0 bridgehead atoms. The maximum Gasteiger partial charge on any atom is 0.435 e. The van der Waals surface area contributed by atoms with Gasteiger partial charge in [0.15, 0.2) is 5.69 Å². The number of nitrogens with one attached hydrogen (secondary N) is 1. The molecule has 2 aromatic heterocycles. The van der Waals surface area contributed by atoms with Gasteiger partial charge in [0.05, 0.1) is 23.6 Å². The summed E-state index contributed by atoms with van der Waals surface area (Å²) in [4.78, 5) is 12.7. The Morgan fingerprint density at radius 1 is 1.13 bits per heavy atom. The molecule has 1 N–H and O–H groups in total. The van der Waals surface area contributed by atoms with E-state index in [0.29, 0.717) is 23.6 Å². The van der Waals surface area contributed by atoms with Crippen LogP contribution >= 0.6 is 0 Å². The van der Waals surface area contributed by atoms with Crippen molar-refractivity contribution in [1.82, 2.24) is 19.6 Å². The number of aromatic nitrogens is 4. The molecule has 1 aliphatic rings. The van der Waals surface area contributed by atoms with Crippen LogP contribution in [0, 0.1) is 20.8 Å². The summed E-state index contributed by atoms with van der Waals surface area (Å²) in [5, 5.41) is 11.0. The topological polar surface area (TPSA) is 64.7 Å². The van der Waals surface area contributed by atoms with E-state index in [-0.39, 0.29) is 12.5 Å². The Kier molecular flexibility index (Phi) is 5.36. The van der Waals surface area contributed by atoms with Crippen molar-refractivity contribution in [3.8, 4) is 0 Å². The fourth-order valence-corrected chi connectivity index (χ4v) is 3.70. The molecule has 6 nitrogen and oxygen atoms in total. The number of benzene rings is 1. The minimum Gasteiger partial charge on any atom is -0.321 e. The van der Waals surface area contributed by atoms with Gasteiger partial charge in [-0.1, -0.05) is 24.3 Å². The summed E-state index contributed by atoms with van der Waals surface area (Å²) < 4.78 is 42.2. The molecule has 3 aromatic rings. The van der Waals surface area contributed by atoms with Gasteiger partial charge in [-0.15, -0.1) is 0 Å². The van der Waals surface area contributed by atoms with E-state index < -0.39 is 17.8 Å². The predicted molar refractivity (Wildman–Crippen MR) is 110 cm³/mol. The van der Waals surface area contributed by atoms with Gasteiger partial charge in [-0.3, -0.25) is 14.2 Å². The van der Waals surface area contributed by atoms with Crippen LogP contribution in [0.25, 0.3) is 0 Å². The highest BCUT2D eigenvalue weighted by Crippen LogP contribution is 2.42. The van der Waals surface area contributed by atoms with Gasteiger partial charge in [0.1, 0.15) is 6.54 Å². The van der Waals surface area contributed by atoms with E-state index in [4.69, 9.17) is 0 Å². The minimum atomic E-state index is -4.53. The van der Waals surface area contributed by atoms with Crippen molar-refractivity contribution in [1.29, 1.82) is 0 Å². The summed E-state index contributed by atoms with van der Waals surface area (Å²) in [6.07, 6.45) is -2.90. The number of rotatable bonds is 6. The van der Waals surface area contributed by atoms with Gasteiger partial charge in [-0.25, -0.2) is 0 Å². The van der Waals surface area contributed by atoms with Crippen LogP contribution < -0.4 is 5.32 Å². The van der Waals surface area contributed by atoms with Crippen LogP contribution in [0.4, 0.5) is 18.9 Å². The normalized spacial score (nSPS) is 14.1. The Bertz CT molecular complexity index is 1120. The van der Waals surface area contributed by atoms with E-state index in [0.717, 1.165) is 35.7 Å². The third-order valence-electron chi connectivity index (χ3n) is 5.62. The fourth-order valence-electron chi connectivity index (χ4n) is 3.70. The summed E-state index contributed by atoms with van der Waals surface area (Å²) in [5.41, 5.74) is 3.79. The van der Waals surface area contributed by atoms with Gasteiger partial charge in [-0.05, 0) is 50.8 Å². The lowest BCUT2D eigenvalue weighted by molar-refractivity contribution is -0.141. The molecule has 31 heavy (non-hydrogen) atoms. The van der Waals surface area contributed by atoms with Crippen LogP contribution in [0.15, 0.2) is 30.3 Å². The third kappa shape index (κ3) is 4.50. The number of anilines is 1. The summed E-state index contributed by atoms with van der Waals surface area (Å²) >= 11 is 0. The molecule has 0 saturated heterocycles. The monoisotopic (exact) mass is 431 g/mol. The van der Waals surface area contributed by atoms with Crippen LogP contribution in [0.5, 0.6) is 0 Å². The molecule has 9 heteroatoms. The van der Waals surface area contributed by atoms with Crippen molar-refractivity contribution >= 4 is 11.6 Å². The number of halogens is 3. The zero-order valence-corrected chi connectivity index (χ0v) is 17.6. The first-order chi connectivity index (χ1) is 14.6. The smallest absolute Gasteiger partial charge is 0.321 e. The van der Waals surface area contributed by atoms with E-state index >= 15 is 0 Å². The van der Waals surface area contributed by atoms with Gasteiger partial charge >= 0.3 is 6.18 Å². The number of carbonyl (C=O) groups excluding carboxylic acids is 1. The van der Waals surface area contributed by atoms with E-state index in [1.165, 1.54) is 4.68 Å². The maximum atomic E-state index is 13.1. The molecular weight excluding hydrogens is 407 g/mol. The molecule has 1 amide bonds. The molecule has 4 rings (SSSR count). The Balaban J connectivity index is 1.51. The van der Waals surface area contributed by atoms with Crippen LogP contribution in [0.2, 0.25) is 0 Å². The predicted octanol–water partition coefficient (Wildman–Crippen LogP) is 4.59. The first-order valence-corrected chi connectivity index (χ1v) is 10.2. The zero-order valence-electron chi connectivity index (χ0n) is 17.6. The number of nitrogens with zero attached hydrogens (tertiary/aromatic N) is 4. The number of alkyl halides is 3. The number of hydrogen-bond donors (Lipinski definition) is 1. The first kappa shape index (κ1) is 21.1. The molecule has 1 saturated carbocycles. The quantitative estimate of drug-likeness (QED) is 0.621. The zero-order chi connectivity index (χ0) is 22.3. The summed E-state index contributed by atoms with van der Waals surface area (Å²) in [7, 11) is 0. The Morgan fingerprint density at radius 3 is 2.48 bits per heavy atom. The average molecular weight is 431 g/mol. The van der Waals surface area contributed by atoms with Gasteiger partial charge in [0.2, 0.25) is 5.91 Å². The highest BCUT2D eigenvalue weighted by molar-refractivity contribution is 5.91. The molecule has 0 spiro atoms. The second-order valence-corrected chi connectivity index (χ2v) is 8.06. The van der Waals surface area contributed by atoms with E-state index in [9.17, 15) is 18.0 Å². The van der Waals surface area contributed by atoms with Crippen molar-refractivity contribution in [3.63, 3.8) is 0 Å². The van der Waals surface area contributed by atoms with Crippen molar-refractivity contribution in [2.45, 2.75) is 58.8 Å². The number of aryl methyl sites for hydroxylation is 2. The summed E-state index contributed by atoms with van der Waals surface area (Å²) in [5.74, 6) is -0.392. The largest absolute Gasteiger partial charge is 0.435 e. The molecular formula is C22H24F3N5O. The third-order valence-corrected chi connectivity index (χ3v) is 5.62. The van der Waals surface area contributed by atoms with Gasteiger partial charge in [0, 0.05) is 11.6 Å². The summed E-state index contributed by atoms with van der Waals surface area (Å²) in [6.45, 7) is 5.97. The lowest BCUT2D eigenvalue weighted by Gasteiger charge is -2.10. The molecule has 1 aliphatic carbocycles. The lowest BCUT2D eigenvalue weighted by Crippen LogP contribution is -2.22. The van der Waals surface area contributed by atoms with Crippen LogP contribution in [-0.2, 0) is 24.1 Å². The highest BCUT2D eigenvalue weighted by Gasteiger charge is 2.38. The van der Waals surface area contributed by atoms with Crippen molar-refractivity contribution in [3.05, 3.63) is 64.2 Å². The van der Waals surface area contributed by atoms with Crippen molar-refractivity contribution in [2.24, 2.45) is 0 Å². The molecule has 0 unspecified atom stereocenters. The fraction of sp³-hybridized carbons (Fsp3) is 0.409. The molecule has 1 aromatic carbocycles. The van der Waals surface area contributed by atoms with Crippen LogP contribution in [-0.4, -0.2) is 25.5 Å². The molecule has 164 valence electrons. The average Bonchev–Trinajstić information content (AvgIpc) is 3.39. The van der Waals surface area contributed by atoms with Crippen LogP contribution in [0.1, 0.15) is 52.7 Å². The first-order valence-electron chi connectivity index (χ1n) is 10.2. The molecule has 0 aliphatic heterocycles. The molecule has 0 atom stereocenters. The standard InChI is InChI=1S/C22H24F3N5O/c1-13-6-4-5-7-17(13)11-29-15(3)21(14(2)27-29)26-20(31)12-30-18(16-8-9-16)10-19(28-30)22(23,24)25/h4-7,10,16H,8-9,11-12H2,1-3H3,(H,26,31). The van der Waals surface area contributed by atoms with E-state index in [2.05, 4.69) is 15.5 Å². The second-order valence-electron chi connectivity index (χ2n) is 8.06. The number of amides is 1. The SMILES string of the molecule is Cc1ccccc1Cn1nc(C)c(NC(=O)Cn2nc(C(F)(F)F)cc2C2CC2)c1C. The van der Waals surface area contributed by atoms with Crippen LogP contribution in [0.3, 0.4) is 0 Å². The molecule has 0 radical (unpaired) electrons. The highest BCUT2D eigenvalue weighted by atomic mass is 19.4. The maximum absolute atomic E-state index is 13.1. The van der Waals surface area contributed by atoms with Crippen molar-refractivity contribution < 1.29 is 18.0 Å². The van der Waals surface area contributed by atoms with Gasteiger partial charge in [-0.2, -0.15) is 23.4 Å². The molecule has 2 heterocycles. The minimum absolute atomic E-state index is 0.0386. The Hall–Kier alpha value is -3.10. The second kappa shape index (κ2) is 7.86. The Morgan fingerprint density at radius 2 is 1.84 bits per heavy atom. The van der Waals surface area contributed by atoms with Gasteiger partial charge in [0.25, 0.3) is 0 Å². The van der Waals surface area contributed by atoms with E-state index in [1.807, 2.05) is 42.8 Å². The number of hydrogen-bond acceptors (Lipinski definition) is 3. The summed E-state index contributed by atoms with van der Waals surface area (Å²) in [6, 6.07) is 9.05. The van der Waals surface area contributed by atoms with Gasteiger partial charge < -0.3 is 5.32 Å². The Labute approximate surface area is 178 Å². The van der Waals surface area contributed by atoms with Crippen molar-refractivity contribution in [2.75, 3.05) is 5.32 Å². The number of carbonyl (C=O) groups is 1. The van der Waals surface area contributed by atoms with E-state index in [1.54, 1.807) is 6.92 Å².